The molecule has 0 radical (unpaired) electrons. The van der Waals surface area contributed by atoms with Gasteiger partial charge in [0.05, 0.1) is 36.8 Å². The maximum atomic E-state index is 14.3. The molecule has 0 spiro atoms. The van der Waals surface area contributed by atoms with Crippen molar-refractivity contribution >= 4 is 17.3 Å². The van der Waals surface area contributed by atoms with Gasteiger partial charge in [-0.1, -0.05) is 6.07 Å². The summed E-state index contributed by atoms with van der Waals surface area (Å²) in [5.41, 5.74) is 1.55. The van der Waals surface area contributed by atoms with E-state index in [4.69, 9.17) is 9.84 Å². The molecule has 0 bridgehead atoms. The molecule has 0 unspecified atom stereocenters. The maximum absolute atomic E-state index is 14.3. The predicted molar refractivity (Wildman–Crippen MR) is 91.9 cm³/mol. The van der Waals surface area contributed by atoms with Crippen molar-refractivity contribution in [3.05, 3.63) is 58.9 Å². The van der Waals surface area contributed by atoms with E-state index in [0.29, 0.717) is 12.2 Å². The molecule has 0 heterocycles. The van der Waals surface area contributed by atoms with Gasteiger partial charge in [0.15, 0.2) is 11.6 Å². The Hall–Kier alpha value is -2.62. The minimum atomic E-state index is -1.34. The molecule has 3 N–H and O–H groups in total. The molecule has 0 aromatic heterocycles. The number of halogens is 3. The van der Waals surface area contributed by atoms with Crippen LogP contribution in [-0.2, 0) is 16.2 Å². The Morgan fingerprint density at radius 3 is 2.59 bits per heavy atom. The van der Waals surface area contributed by atoms with Gasteiger partial charge in [-0.15, -0.1) is 0 Å². The Balaban J connectivity index is 2.29. The van der Waals surface area contributed by atoms with Crippen molar-refractivity contribution in [1.82, 2.24) is 5.48 Å². The van der Waals surface area contributed by atoms with E-state index in [9.17, 15) is 18.0 Å². The lowest BCUT2D eigenvalue weighted by molar-refractivity contribution is 0.0168. The van der Waals surface area contributed by atoms with Crippen LogP contribution in [0.1, 0.15) is 22.8 Å². The summed E-state index contributed by atoms with van der Waals surface area (Å²) in [7, 11) is 0. The fourth-order valence-corrected chi connectivity index (χ4v) is 2.18. The van der Waals surface area contributed by atoms with Gasteiger partial charge in [0.25, 0.3) is 5.91 Å². The largest absolute Gasteiger partial charge is 0.394 e. The maximum Gasteiger partial charge on any atom is 0.277 e. The molecule has 2 aromatic carbocycles. The minimum absolute atomic E-state index is 0.148. The van der Waals surface area contributed by atoms with Gasteiger partial charge in [0.1, 0.15) is 5.82 Å². The van der Waals surface area contributed by atoms with E-state index in [1.165, 1.54) is 12.1 Å². The quantitative estimate of drug-likeness (QED) is 0.458. The fourth-order valence-electron chi connectivity index (χ4n) is 2.18. The molecule has 0 atom stereocenters. The van der Waals surface area contributed by atoms with Crippen LogP contribution in [0, 0.1) is 17.5 Å². The predicted octanol–water partition coefficient (Wildman–Crippen LogP) is 3.04. The molecule has 0 aliphatic heterocycles. The molecule has 2 aromatic rings. The lowest BCUT2D eigenvalue weighted by atomic mass is 10.1. The van der Waals surface area contributed by atoms with Crippen molar-refractivity contribution in [3.8, 4) is 0 Å². The molecule has 1 amide bonds. The van der Waals surface area contributed by atoms with Crippen molar-refractivity contribution in [2.75, 3.05) is 25.1 Å². The summed E-state index contributed by atoms with van der Waals surface area (Å²) in [4.78, 5) is 16.8. The highest BCUT2D eigenvalue weighted by Crippen LogP contribution is 2.28. The standard InChI is InChI=1S/C18H19F3N2O4/c1-2-26-10-11-3-6-15(14(20)9-11)22-17-12(4-5-13(19)16(17)21)18(25)23-27-8-7-24/h3-6,9,22,24H,2,7-8,10H2,1H3,(H,23,25). The number of carbonyl (C=O) groups excluding carboxylic acids is 1. The molecule has 0 aliphatic rings. The van der Waals surface area contributed by atoms with Crippen molar-refractivity contribution in [3.63, 3.8) is 0 Å². The van der Waals surface area contributed by atoms with Gasteiger partial charge in [0.2, 0.25) is 0 Å². The lowest BCUT2D eigenvalue weighted by Gasteiger charge is -2.14. The number of aliphatic hydroxyl groups excluding tert-OH is 1. The van der Waals surface area contributed by atoms with Gasteiger partial charge in [-0.2, -0.15) is 0 Å². The number of hydrogen-bond donors (Lipinski definition) is 3. The highest BCUT2D eigenvalue weighted by molar-refractivity contribution is 5.99. The third-order valence-corrected chi connectivity index (χ3v) is 3.46. The Morgan fingerprint density at radius 1 is 1.15 bits per heavy atom. The highest BCUT2D eigenvalue weighted by atomic mass is 19.2. The van der Waals surface area contributed by atoms with E-state index in [0.717, 1.165) is 12.1 Å². The van der Waals surface area contributed by atoms with Gasteiger partial charge in [0, 0.05) is 6.61 Å². The molecule has 0 fully saturated rings. The van der Waals surface area contributed by atoms with Crippen molar-refractivity contribution < 1.29 is 32.6 Å². The molecular weight excluding hydrogens is 365 g/mol. The van der Waals surface area contributed by atoms with E-state index in [1.54, 1.807) is 13.0 Å². The van der Waals surface area contributed by atoms with Gasteiger partial charge in [-0.3, -0.25) is 9.63 Å². The first kappa shape index (κ1) is 20.7. The SMILES string of the molecule is CCOCc1ccc(Nc2c(C(=O)NOCCO)ccc(F)c2F)c(F)c1. The average molecular weight is 384 g/mol. The lowest BCUT2D eigenvalue weighted by Crippen LogP contribution is -2.26. The first-order valence-electron chi connectivity index (χ1n) is 8.12. The number of anilines is 2. The first-order chi connectivity index (χ1) is 13.0. The fraction of sp³-hybridized carbons (Fsp3) is 0.278. The molecule has 0 saturated heterocycles. The average Bonchev–Trinajstić information content (AvgIpc) is 2.65. The number of nitrogens with one attached hydrogen (secondary N) is 2. The highest BCUT2D eigenvalue weighted by Gasteiger charge is 2.20. The third kappa shape index (κ3) is 5.43. The van der Waals surface area contributed by atoms with E-state index in [-0.39, 0.29) is 31.1 Å². The monoisotopic (exact) mass is 384 g/mol. The van der Waals surface area contributed by atoms with Gasteiger partial charge in [-0.25, -0.2) is 18.7 Å². The number of rotatable bonds is 9. The third-order valence-electron chi connectivity index (χ3n) is 3.46. The summed E-state index contributed by atoms with van der Waals surface area (Å²) in [5.74, 6) is -4.17. The van der Waals surface area contributed by atoms with E-state index in [1.807, 2.05) is 5.48 Å². The summed E-state index contributed by atoms with van der Waals surface area (Å²) in [6.07, 6.45) is 0. The molecule has 2 rings (SSSR count). The normalized spacial score (nSPS) is 10.7. The van der Waals surface area contributed by atoms with Gasteiger partial charge < -0.3 is 15.2 Å². The zero-order valence-electron chi connectivity index (χ0n) is 14.5. The van der Waals surface area contributed by atoms with E-state index < -0.39 is 29.0 Å². The molecule has 146 valence electrons. The molecular formula is C18H19F3N2O4. The summed E-state index contributed by atoms with van der Waals surface area (Å²) in [5, 5.41) is 11.0. The van der Waals surface area contributed by atoms with E-state index in [2.05, 4.69) is 10.2 Å². The summed E-state index contributed by atoms with van der Waals surface area (Å²) in [6, 6.07) is 5.88. The molecule has 0 aliphatic carbocycles. The van der Waals surface area contributed by atoms with Crippen LogP contribution >= 0.6 is 0 Å². The van der Waals surface area contributed by atoms with Crippen LogP contribution in [0.4, 0.5) is 24.5 Å². The van der Waals surface area contributed by atoms with Gasteiger partial charge >= 0.3 is 0 Å². The minimum Gasteiger partial charge on any atom is -0.394 e. The topological polar surface area (TPSA) is 79.8 Å². The molecule has 6 nitrogen and oxygen atoms in total. The zero-order chi connectivity index (χ0) is 19.8. The van der Waals surface area contributed by atoms with Crippen LogP contribution in [0.3, 0.4) is 0 Å². The Kier molecular flexibility index (Phi) is 7.59. The van der Waals surface area contributed by atoms with Crippen molar-refractivity contribution in [2.45, 2.75) is 13.5 Å². The van der Waals surface area contributed by atoms with Crippen LogP contribution in [0.15, 0.2) is 30.3 Å². The number of hydrogen-bond acceptors (Lipinski definition) is 5. The van der Waals surface area contributed by atoms with Crippen molar-refractivity contribution in [2.24, 2.45) is 0 Å². The van der Waals surface area contributed by atoms with Crippen molar-refractivity contribution in [1.29, 1.82) is 0 Å². The van der Waals surface area contributed by atoms with Crippen LogP contribution in [0.2, 0.25) is 0 Å². The number of aliphatic hydroxyl groups is 1. The molecule has 9 heteroatoms. The zero-order valence-corrected chi connectivity index (χ0v) is 14.5. The number of benzene rings is 2. The van der Waals surface area contributed by atoms with Crippen LogP contribution in [0.5, 0.6) is 0 Å². The summed E-state index contributed by atoms with van der Waals surface area (Å²) < 4.78 is 47.3. The van der Waals surface area contributed by atoms with Crippen LogP contribution in [0.25, 0.3) is 0 Å². The number of carbonyl (C=O) groups is 1. The summed E-state index contributed by atoms with van der Waals surface area (Å²) >= 11 is 0. The molecule has 27 heavy (non-hydrogen) atoms. The molecule has 0 saturated carbocycles. The van der Waals surface area contributed by atoms with Crippen LogP contribution < -0.4 is 10.8 Å². The first-order valence-corrected chi connectivity index (χ1v) is 8.12. The second-order valence-electron chi connectivity index (χ2n) is 5.36. The van der Waals surface area contributed by atoms with Gasteiger partial charge in [-0.05, 0) is 36.8 Å². The number of amides is 1. The Morgan fingerprint density at radius 2 is 1.93 bits per heavy atom. The van der Waals surface area contributed by atoms with E-state index >= 15 is 0 Å². The smallest absolute Gasteiger partial charge is 0.277 e. The number of ether oxygens (including phenoxy) is 1. The Labute approximate surface area is 153 Å². The second kappa shape index (κ2) is 9.91. The Bertz CT molecular complexity index is 802. The second-order valence-corrected chi connectivity index (χ2v) is 5.36. The van der Waals surface area contributed by atoms with Crippen LogP contribution in [-0.4, -0.2) is 30.8 Å². The number of hydroxylamine groups is 1. The summed E-state index contributed by atoms with van der Waals surface area (Å²) in [6.45, 7) is 1.94.